The maximum Gasteiger partial charge on any atom is 0.347 e. The van der Waals surface area contributed by atoms with Gasteiger partial charge in [0.1, 0.15) is 5.83 Å². The molecule has 22 heavy (non-hydrogen) atoms. The molecule has 3 nitrogen and oxygen atoms in total. The second kappa shape index (κ2) is 5.41. The third-order valence-electron chi connectivity index (χ3n) is 3.33. The molecule has 0 unspecified atom stereocenters. The van der Waals surface area contributed by atoms with Gasteiger partial charge in [0.25, 0.3) is 0 Å². The van der Waals surface area contributed by atoms with Crippen molar-refractivity contribution in [3.63, 3.8) is 0 Å². The monoisotopic (exact) mass is 293 g/mol. The number of hydrogen-bond donors (Lipinski definition) is 0. The quantitative estimate of drug-likeness (QED) is 0.531. The van der Waals surface area contributed by atoms with E-state index in [-0.39, 0.29) is 11.5 Å². The Balaban J connectivity index is 2.42. The third kappa shape index (κ3) is 2.24. The van der Waals surface area contributed by atoms with E-state index >= 15 is 0 Å². The third-order valence-corrected chi connectivity index (χ3v) is 3.33. The van der Waals surface area contributed by atoms with Crippen molar-refractivity contribution in [2.75, 3.05) is 0 Å². The average Bonchev–Trinajstić information content (AvgIpc) is 2.52. The lowest BCUT2D eigenvalue weighted by Gasteiger charge is -2.05. The van der Waals surface area contributed by atoms with Crippen LogP contribution in [0, 0.1) is 0 Å². The van der Waals surface area contributed by atoms with Crippen molar-refractivity contribution >= 4 is 27.2 Å². The van der Waals surface area contributed by atoms with Crippen LogP contribution in [0.5, 0.6) is 0 Å². The van der Waals surface area contributed by atoms with Crippen LogP contribution >= 0.6 is 0 Å². The van der Waals surface area contributed by atoms with Gasteiger partial charge in [0.2, 0.25) is 5.89 Å². The van der Waals surface area contributed by atoms with Gasteiger partial charge in [-0.15, -0.1) is 0 Å². The molecule has 0 N–H and O–H groups in total. The Kier molecular flexibility index (Phi) is 3.43. The largest absolute Gasteiger partial charge is 0.403 e. The molecule has 0 saturated heterocycles. The van der Waals surface area contributed by atoms with E-state index in [0.29, 0.717) is 10.9 Å². The van der Waals surface area contributed by atoms with Crippen LogP contribution in [0.4, 0.5) is 4.39 Å². The van der Waals surface area contributed by atoms with Gasteiger partial charge >= 0.3 is 5.63 Å². The highest BCUT2D eigenvalue weighted by Gasteiger charge is 2.14. The first-order chi connectivity index (χ1) is 10.6. The molecule has 0 spiro atoms. The number of hydrogen-bond acceptors (Lipinski definition) is 3. The predicted molar refractivity (Wildman–Crippen MR) is 86.2 cm³/mol. The van der Waals surface area contributed by atoms with Crippen molar-refractivity contribution in [3.8, 4) is 0 Å². The van der Waals surface area contributed by atoms with Crippen molar-refractivity contribution in [1.82, 2.24) is 4.98 Å². The van der Waals surface area contributed by atoms with E-state index in [4.69, 9.17) is 4.42 Å². The van der Waals surface area contributed by atoms with Gasteiger partial charge in [-0.25, -0.2) is 14.2 Å². The summed E-state index contributed by atoms with van der Waals surface area (Å²) in [5.74, 6) is -0.851. The summed E-state index contributed by atoms with van der Waals surface area (Å²) >= 11 is 0. The molecule has 1 heterocycles. The van der Waals surface area contributed by atoms with Crippen LogP contribution in [0.3, 0.4) is 0 Å². The maximum absolute atomic E-state index is 13.6. The molecule has 0 amide bonds. The first kappa shape index (κ1) is 13.9. The second-order valence-corrected chi connectivity index (χ2v) is 4.71. The highest BCUT2D eigenvalue weighted by Crippen LogP contribution is 2.26. The normalized spacial score (nSPS) is 11.8. The van der Waals surface area contributed by atoms with Crippen LogP contribution in [0.25, 0.3) is 27.2 Å². The van der Waals surface area contributed by atoms with Crippen LogP contribution in [-0.2, 0) is 0 Å². The lowest BCUT2D eigenvalue weighted by Crippen LogP contribution is -2.05. The fourth-order valence-corrected chi connectivity index (χ4v) is 2.32. The SMILES string of the molecule is C=C/C=C(\C(=C)F)c1nc2c(ccc3ccccc32)c(=O)o1. The zero-order valence-electron chi connectivity index (χ0n) is 11.7. The molecule has 2 aromatic carbocycles. The number of benzene rings is 2. The molecule has 0 saturated carbocycles. The van der Waals surface area contributed by atoms with E-state index in [0.717, 1.165) is 10.8 Å². The van der Waals surface area contributed by atoms with Crippen molar-refractivity contribution in [3.05, 3.63) is 83.8 Å². The van der Waals surface area contributed by atoms with Gasteiger partial charge in [0.15, 0.2) is 0 Å². The van der Waals surface area contributed by atoms with Crippen LogP contribution in [-0.4, -0.2) is 4.98 Å². The first-order valence-electron chi connectivity index (χ1n) is 6.62. The van der Waals surface area contributed by atoms with Crippen LogP contribution < -0.4 is 5.63 Å². The topological polar surface area (TPSA) is 43.1 Å². The van der Waals surface area contributed by atoms with E-state index < -0.39 is 11.5 Å². The van der Waals surface area contributed by atoms with E-state index in [1.807, 2.05) is 30.3 Å². The van der Waals surface area contributed by atoms with Gasteiger partial charge in [-0.05, 0) is 17.5 Å². The highest BCUT2D eigenvalue weighted by molar-refractivity contribution is 6.04. The molecule has 0 radical (unpaired) electrons. The summed E-state index contributed by atoms with van der Waals surface area (Å²) in [4.78, 5) is 16.5. The average molecular weight is 293 g/mol. The van der Waals surface area contributed by atoms with Gasteiger partial charge in [-0.2, -0.15) is 0 Å². The molecule has 0 atom stereocenters. The Hall–Kier alpha value is -3.01. The Bertz CT molecular complexity index is 999. The minimum absolute atomic E-state index is 0.00179. The highest BCUT2D eigenvalue weighted by atomic mass is 19.1. The van der Waals surface area contributed by atoms with Crippen LogP contribution in [0.15, 0.2) is 76.7 Å². The zero-order valence-corrected chi connectivity index (χ0v) is 11.7. The predicted octanol–water partition coefficient (Wildman–Crippen LogP) is 4.39. The lowest BCUT2D eigenvalue weighted by molar-refractivity contribution is 0.483. The summed E-state index contributed by atoms with van der Waals surface area (Å²) in [6, 6.07) is 11.0. The van der Waals surface area contributed by atoms with Gasteiger partial charge in [-0.3, -0.25) is 0 Å². The number of halogens is 1. The first-order valence-corrected chi connectivity index (χ1v) is 6.62. The molecule has 0 aliphatic carbocycles. The maximum atomic E-state index is 13.6. The minimum atomic E-state index is -0.741. The smallest absolute Gasteiger partial charge is 0.347 e. The Morgan fingerprint density at radius 1 is 1.18 bits per heavy atom. The van der Waals surface area contributed by atoms with E-state index in [2.05, 4.69) is 18.1 Å². The van der Waals surface area contributed by atoms with Gasteiger partial charge < -0.3 is 4.42 Å². The number of nitrogens with zero attached hydrogens (tertiary/aromatic N) is 1. The van der Waals surface area contributed by atoms with Crippen molar-refractivity contribution in [2.24, 2.45) is 0 Å². The summed E-state index contributed by atoms with van der Waals surface area (Å²) in [7, 11) is 0. The lowest BCUT2D eigenvalue weighted by atomic mass is 10.1. The van der Waals surface area contributed by atoms with Gasteiger partial charge in [0.05, 0.1) is 16.5 Å². The molecule has 0 aliphatic rings. The molecular weight excluding hydrogens is 281 g/mol. The van der Waals surface area contributed by atoms with Crippen molar-refractivity contribution in [2.45, 2.75) is 0 Å². The van der Waals surface area contributed by atoms with Crippen LogP contribution in [0.2, 0.25) is 0 Å². The Morgan fingerprint density at radius 3 is 2.68 bits per heavy atom. The summed E-state index contributed by atoms with van der Waals surface area (Å²) < 4.78 is 18.7. The molecule has 0 aliphatic heterocycles. The number of allylic oxidation sites excluding steroid dienone is 4. The molecule has 0 bridgehead atoms. The summed E-state index contributed by atoms with van der Waals surface area (Å²) in [6.45, 7) is 6.75. The van der Waals surface area contributed by atoms with Gasteiger partial charge in [0, 0.05) is 5.39 Å². The molecule has 4 heteroatoms. The standard InChI is InChI=1S/C18H12FNO2/c1-3-6-13(11(2)19)17-20-16-14-8-5-4-7-12(14)9-10-15(16)18(21)22-17/h3-10H,1-2H2/b13-6+. The fraction of sp³-hybridized carbons (Fsp3) is 0. The summed E-state index contributed by atoms with van der Waals surface area (Å²) in [6.07, 6.45) is 2.75. The van der Waals surface area contributed by atoms with Gasteiger partial charge in [-0.1, -0.05) is 49.6 Å². The second-order valence-electron chi connectivity index (χ2n) is 4.71. The summed E-state index contributed by atoms with van der Waals surface area (Å²) in [5.41, 5.74) is -0.0931. The molecule has 108 valence electrons. The van der Waals surface area contributed by atoms with E-state index in [9.17, 15) is 9.18 Å². The number of aromatic nitrogens is 1. The molecular formula is C18H12FNO2. The van der Waals surface area contributed by atoms with Crippen molar-refractivity contribution in [1.29, 1.82) is 0 Å². The number of rotatable bonds is 3. The fourth-order valence-electron chi connectivity index (χ4n) is 2.32. The Labute approximate surface area is 125 Å². The molecule has 3 rings (SSSR count). The summed E-state index contributed by atoms with van der Waals surface area (Å²) in [5, 5.41) is 2.09. The molecule has 0 fully saturated rings. The number of fused-ring (bicyclic) bond motifs is 3. The Morgan fingerprint density at radius 2 is 1.95 bits per heavy atom. The van der Waals surface area contributed by atoms with Crippen molar-refractivity contribution < 1.29 is 8.81 Å². The van der Waals surface area contributed by atoms with E-state index in [1.54, 1.807) is 6.07 Å². The zero-order chi connectivity index (χ0) is 15.7. The van der Waals surface area contributed by atoms with E-state index in [1.165, 1.54) is 12.2 Å². The molecule has 3 aromatic rings. The van der Waals surface area contributed by atoms with Crippen LogP contribution in [0.1, 0.15) is 5.89 Å². The minimum Gasteiger partial charge on any atom is -0.403 e. The molecule has 1 aromatic heterocycles.